The summed E-state index contributed by atoms with van der Waals surface area (Å²) in [6.45, 7) is 4.69. The van der Waals surface area contributed by atoms with E-state index in [1.165, 1.54) is 44.9 Å². The molecule has 0 spiro atoms. The Morgan fingerprint density at radius 3 is 2.39 bits per heavy atom. The van der Waals surface area contributed by atoms with Crippen molar-refractivity contribution in [2.45, 2.75) is 76.7 Å². The standard InChI is InChI=1S/C17H25NO3.C9H19N/c1-18(2)12-15-7-4-5-10-17(15,21-13-19)14-8-6-9-16(11-14)20-3;1-2-9(8-10)6-4-3-5-7-9/h6,8-9,11,13,15H,4-5,7,10,12H2,1-3H3;2-8,10H2,1H3. The fourth-order valence-electron chi connectivity index (χ4n) is 5.47. The molecule has 5 heteroatoms. The zero-order valence-corrected chi connectivity index (χ0v) is 20.2. The van der Waals surface area contributed by atoms with E-state index >= 15 is 0 Å². The Hall–Kier alpha value is -1.59. The van der Waals surface area contributed by atoms with E-state index in [1.807, 2.05) is 24.3 Å². The van der Waals surface area contributed by atoms with Crippen LogP contribution in [0.15, 0.2) is 24.3 Å². The van der Waals surface area contributed by atoms with Gasteiger partial charge in [-0.3, -0.25) is 4.79 Å². The van der Waals surface area contributed by atoms with Crippen LogP contribution in [-0.2, 0) is 15.1 Å². The number of rotatable bonds is 8. The zero-order chi connectivity index (χ0) is 22.7. The predicted molar refractivity (Wildman–Crippen MR) is 127 cm³/mol. The number of carbonyl (C=O) groups is 1. The van der Waals surface area contributed by atoms with Gasteiger partial charge < -0.3 is 20.1 Å². The number of benzene rings is 1. The lowest BCUT2D eigenvalue weighted by Crippen LogP contribution is -2.45. The van der Waals surface area contributed by atoms with E-state index in [4.69, 9.17) is 15.2 Å². The van der Waals surface area contributed by atoms with Crippen LogP contribution in [0.25, 0.3) is 0 Å². The second kappa shape index (κ2) is 12.4. The molecule has 0 amide bonds. The highest BCUT2D eigenvalue weighted by molar-refractivity contribution is 5.42. The van der Waals surface area contributed by atoms with Gasteiger partial charge in [-0.05, 0) is 82.3 Å². The van der Waals surface area contributed by atoms with Crippen molar-refractivity contribution in [1.82, 2.24) is 4.90 Å². The average molecular weight is 433 g/mol. The van der Waals surface area contributed by atoms with Crippen LogP contribution in [0.1, 0.15) is 76.7 Å². The van der Waals surface area contributed by atoms with Crippen molar-refractivity contribution in [2.24, 2.45) is 17.1 Å². The Balaban J connectivity index is 0.000000285. The summed E-state index contributed by atoms with van der Waals surface area (Å²) in [5, 5.41) is 0. The summed E-state index contributed by atoms with van der Waals surface area (Å²) < 4.78 is 11.0. The summed E-state index contributed by atoms with van der Waals surface area (Å²) in [5.41, 5.74) is 6.80. The van der Waals surface area contributed by atoms with E-state index < -0.39 is 5.60 Å². The SMILES string of the molecule is CCC1(CN)CCCCC1.COc1cccc(C2(OC=O)CCCCC2CN(C)C)c1. The molecule has 0 aliphatic heterocycles. The molecule has 0 saturated heterocycles. The molecule has 0 aromatic heterocycles. The van der Waals surface area contributed by atoms with Crippen molar-refractivity contribution < 1.29 is 14.3 Å². The maximum atomic E-state index is 11.2. The Morgan fingerprint density at radius 2 is 1.84 bits per heavy atom. The smallest absolute Gasteiger partial charge is 0.293 e. The van der Waals surface area contributed by atoms with Gasteiger partial charge in [-0.25, -0.2) is 0 Å². The highest BCUT2D eigenvalue weighted by Gasteiger charge is 2.44. The number of nitrogens with zero attached hydrogens (tertiary/aromatic N) is 1. The van der Waals surface area contributed by atoms with Crippen LogP contribution < -0.4 is 10.5 Å². The third-order valence-corrected chi connectivity index (χ3v) is 7.51. The first-order valence-electron chi connectivity index (χ1n) is 12.1. The van der Waals surface area contributed by atoms with Crippen LogP contribution in [-0.4, -0.2) is 45.7 Å². The molecule has 2 aliphatic rings. The first kappa shape index (κ1) is 25.7. The minimum Gasteiger partial charge on any atom is -0.497 e. The molecule has 0 heterocycles. The van der Waals surface area contributed by atoms with Crippen LogP contribution in [0, 0.1) is 11.3 Å². The van der Waals surface area contributed by atoms with Crippen LogP contribution in [0.3, 0.4) is 0 Å². The highest BCUT2D eigenvalue weighted by atomic mass is 16.5. The molecule has 0 radical (unpaired) electrons. The van der Waals surface area contributed by atoms with Crippen LogP contribution >= 0.6 is 0 Å². The maximum absolute atomic E-state index is 11.2. The van der Waals surface area contributed by atoms with Gasteiger partial charge in [-0.2, -0.15) is 0 Å². The van der Waals surface area contributed by atoms with Gasteiger partial charge in [0.15, 0.2) is 0 Å². The van der Waals surface area contributed by atoms with E-state index in [2.05, 4.69) is 25.9 Å². The Labute approximate surface area is 189 Å². The first-order chi connectivity index (χ1) is 14.9. The number of hydrogen-bond acceptors (Lipinski definition) is 5. The molecule has 2 atom stereocenters. The van der Waals surface area contributed by atoms with Crippen LogP contribution in [0.4, 0.5) is 0 Å². The molecule has 2 unspecified atom stereocenters. The molecule has 3 rings (SSSR count). The lowest BCUT2D eigenvalue weighted by atomic mass is 9.71. The summed E-state index contributed by atoms with van der Waals surface area (Å²) in [6.07, 6.45) is 12.5. The Bertz CT molecular complexity index is 652. The third kappa shape index (κ3) is 6.69. The Kier molecular flexibility index (Phi) is 10.3. The number of methoxy groups -OCH3 is 1. The maximum Gasteiger partial charge on any atom is 0.293 e. The number of carbonyl (C=O) groups excluding carboxylic acids is 1. The van der Waals surface area contributed by atoms with Gasteiger partial charge in [0.1, 0.15) is 11.4 Å². The van der Waals surface area contributed by atoms with Crippen molar-refractivity contribution in [3.8, 4) is 5.75 Å². The summed E-state index contributed by atoms with van der Waals surface area (Å²) in [5.74, 6) is 1.11. The monoisotopic (exact) mass is 432 g/mol. The average Bonchev–Trinajstić information content (AvgIpc) is 2.81. The van der Waals surface area contributed by atoms with Crippen LogP contribution in [0.2, 0.25) is 0 Å². The molecule has 2 fully saturated rings. The normalized spacial score (nSPS) is 25.3. The Morgan fingerprint density at radius 1 is 1.13 bits per heavy atom. The fourth-order valence-corrected chi connectivity index (χ4v) is 5.47. The molecule has 31 heavy (non-hydrogen) atoms. The minimum absolute atomic E-state index is 0.304. The van der Waals surface area contributed by atoms with Gasteiger partial charge in [-0.1, -0.05) is 44.7 Å². The highest BCUT2D eigenvalue weighted by Crippen LogP contribution is 2.45. The van der Waals surface area contributed by atoms with E-state index in [0.29, 0.717) is 17.8 Å². The topological polar surface area (TPSA) is 64.8 Å². The van der Waals surface area contributed by atoms with Crippen molar-refractivity contribution in [1.29, 1.82) is 0 Å². The van der Waals surface area contributed by atoms with Gasteiger partial charge in [0.05, 0.1) is 7.11 Å². The van der Waals surface area contributed by atoms with Crippen LogP contribution in [0.5, 0.6) is 5.75 Å². The summed E-state index contributed by atoms with van der Waals surface area (Å²) >= 11 is 0. The van der Waals surface area contributed by atoms with Crippen molar-refractivity contribution >= 4 is 6.47 Å². The fraction of sp³-hybridized carbons (Fsp3) is 0.731. The molecule has 176 valence electrons. The zero-order valence-electron chi connectivity index (χ0n) is 20.2. The molecule has 2 aliphatic carbocycles. The predicted octanol–water partition coefficient (Wildman–Crippen LogP) is 5.12. The second-order valence-corrected chi connectivity index (χ2v) is 9.66. The van der Waals surface area contributed by atoms with Crippen molar-refractivity contribution in [2.75, 3.05) is 34.3 Å². The molecule has 2 saturated carbocycles. The minimum atomic E-state index is -0.529. The van der Waals surface area contributed by atoms with Gasteiger partial charge in [0.2, 0.25) is 0 Å². The first-order valence-corrected chi connectivity index (χ1v) is 12.1. The van der Waals surface area contributed by atoms with Crippen molar-refractivity contribution in [3.63, 3.8) is 0 Å². The number of ether oxygens (including phenoxy) is 2. The quantitative estimate of drug-likeness (QED) is 0.578. The molecule has 2 N–H and O–H groups in total. The van der Waals surface area contributed by atoms with Gasteiger partial charge >= 0.3 is 0 Å². The number of hydrogen-bond donors (Lipinski definition) is 1. The summed E-state index contributed by atoms with van der Waals surface area (Å²) in [7, 11) is 5.78. The number of nitrogens with two attached hydrogens (primary N) is 1. The van der Waals surface area contributed by atoms with Gasteiger partial charge in [0.25, 0.3) is 6.47 Å². The third-order valence-electron chi connectivity index (χ3n) is 7.51. The lowest BCUT2D eigenvalue weighted by molar-refractivity contribution is -0.158. The molecular weight excluding hydrogens is 388 g/mol. The molecular formula is C26H44N2O3. The van der Waals surface area contributed by atoms with E-state index in [9.17, 15) is 4.79 Å². The van der Waals surface area contributed by atoms with E-state index in [1.54, 1.807) is 7.11 Å². The van der Waals surface area contributed by atoms with Crippen molar-refractivity contribution in [3.05, 3.63) is 29.8 Å². The van der Waals surface area contributed by atoms with E-state index in [0.717, 1.165) is 43.7 Å². The molecule has 1 aromatic carbocycles. The van der Waals surface area contributed by atoms with E-state index in [-0.39, 0.29) is 0 Å². The lowest BCUT2D eigenvalue weighted by Gasteiger charge is -2.44. The molecule has 0 bridgehead atoms. The second-order valence-electron chi connectivity index (χ2n) is 9.66. The summed E-state index contributed by atoms with van der Waals surface area (Å²) in [4.78, 5) is 13.3. The van der Waals surface area contributed by atoms with Gasteiger partial charge in [0, 0.05) is 12.5 Å². The molecule has 5 nitrogen and oxygen atoms in total. The van der Waals surface area contributed by atoms with Gasteiger partial charge in [-0.15, -0.1) is 0 Å². The largest absolute Gasteiger partial charge is 0.497 e. The summed E-state index contributed by atoms with van der Waals surface area (Å²) in [6, 6.07) is 7.92. The molecule has 1 aromatic rings.